The molecule has 1 aromatic heterocycles. The second kappa shape index (κ2) is 7.80. The maximum absolute atomic E-state index is 12.4. The summed E-state index contributed by atoms with van der Waals surface area (Å²) >= 11 is 7.36. The smallest absolute Gasteiger partial charge is 0.230 e. The molecular weight excluding hydrogens is 376 g/mol. The minimum Gasteiger partial charge on any atom is -0.493 e. The molecule has 1 N–H and O–H groups in total. The Kier molecular flexibility index (Phi) is 5.49. The van der Waals surface area contributed by atoms with Crippen LogP contribution in [0.5, 0.6) is 17.2 Å². The summed E-state index contributed by atoms with van der Waals surface area (Å²) in [6, 6.07) is 8.91. The Hall–Kier alpha value is -2.51. The van der Waals surface area contributed by atoms with Crippen molar-refractivity contribution in [3.8, 4) is 17.2 Å². The van der Waals surface area contributed by atoms with Crippen LogP contribution >= 0.6 is 22.9 Å². The van der Waals surface area contributed by atoms with Crippen molar-refractivity contribution < 1.29 is 19.0 Å². The third-order valence-electron chi connectivity index (χ3n) is 3.69. The molecule has 1 amide bonds. The second-order valence-corrected chi connectivity index (χ2v) is 6.86. The van der Waals surface area contributed by atoms with E-state index < -0.39 is 0 Å². The van der Waals surface area contributed by atoms with Crippen molar-refractivity contribution in [2.75, 3.05) is 26.6 Å². The molecule has 0 bridgehead atoms. The Morgan fingerprint density at radius 1 is 1.12 bits per heavy atom. The number of ether oxygens (including phenoxy) is 3. The molecule has 0 atom stereocenters. The third-order valence-corrected chi connectivity index (χ3v) is 4.85. The van der Waals surface area contributed by atoms with Crippen LogP contribution in [0.1, 0.15) is 5.56 Å². The van der Waals surface area contributed by atoms with E-state index in [-0.39, 0.29) is 12.3 Å². The number of nitrogens with one attached hydrogen (secondary N) is 1. The summed E-state index contributed by atoms with van der Waals surface area (Å²) in [4.78, 5) is 16.8. The zero-order valence-electron chi connectivity index (χ0n) is 14.5. The first-order chi connectivity index (χ1) is 12.5. The van der Waals surface area contributed by atoms with E-state index in [0.717, 1.165) is 15.8 Å². The molecule has 0 aliphatic rings. The van der Waals surface area contributed by atoms with Gasteiger partial charge in [-0.05, 0) is 35.9 Å². The Labute approximate surface area is 159 Å². The predicted octanol–water partition coefficient (Wildman–Crippen LogP) is 4.16. The highest BCUT2D eigenvalue weighted by Gasteiger charge is 2.15. The third kappa shape index (κ3) is 3.84. The lowest BCUT2D eigenvalue weighted by molar-refractivity contribution is -0.115. The number of amides is 1. The number of carbonyl (C=O) groups excluding carboxylic acids is 1. The number of hydrogen-bond donors (Lipinski definition) is 1. The fourth-order valence-corrected chi connectivity index (χ4v) is 3.70. The van der Waals surface area contributed by atoms with Gasteiger partial charge in [0.1, 0.15) is 0 Å². The van der Waals surface area contributed by atoms with E-state index in [0.29, 0.717) is 27.4 Å². The SMILES string of the molecule is COc1cc(CC(=O)Nc2nc3ccc(Cl)cc3s2)cc(OC)c1OC. The number of carbonyl (C=O) groups is 1. The maximum atomic E-state index is 12.4. The zero-order valence-corrected chi connectivity index (χ0v) is 16.0. The molecule has 26 heavy (non-hydrogen) atoms. The van der Waals surface area contributed by atoms with Gasteiger partial charge in [-0.2, -0.15) is 0 Å². The van der Waals surface area contributed by atoms with Crippen LogP contribution in [0.4, 0.5) is 5.13 Å². The first-order valence-electron chi connectivity index (χ1n) is 7.69. The Balaban J connectivity index is 1.78. The molecule has 3 aromatic rings. The van der Waals surface area contributed by atoms with Crippen LogP contribution in [0.15, 0.2) is 30.3 Å². The first kappa shape index (κ1) is 18.3. The minimum absolute atomic E-state index is 0.146. The summed E-state index contributed by atoms with van der Waals surface area (Å²) in [5.41, 5.74) is 1.53. The standard InChI is InChI=1S/C18H17ClN2O4S/c1-23-13-6-10(7-14(24-2)17(13)25-3)8-16(22)21-18-20-12-5-4-11(19)9-15(12)26-18/h4-7,9H,8H2,1-3H3,(H,20,21,22). The van der Waals surface area contributed by atoms with Gasteiger partial charge in [-0.15, -0.1) is 0 Å². The highest BCUT2D eigenvalue weighted by atomic mass is 35.5. The van der Waals surface area contributed by atoms with E-state index in [9.17, 15) is 4.79 Å². The predicted molar refractivity (Wildman–Crippen MR) is 103 cm³/mol. The van der Waals surface area contributed by atoms with E-state index in [1.165, 1.54) is 32.7 Å². The molecule has 0 saturated carbocycles. The molecule has 136 valence electrons. The lowest BCUT2D eigenvalue weighted by Crippen LogP contribution is -2.14. The number of nitrogens with zero attached hydrogens (tertiary/aromatic N) is 1. The average molecular weight is 393 g/mol. The van der Waals surface area contributed by atoms with Crippen LogP contribution in [0.3, 0.4) is 0 Å². The number of thiazole rings is 1. The summed E-state index contributed by atoms with van der Waals surface area (Å²) in [5, 5.41) is 3.98. The van der Waals surface area contributed by atoms with E-state index in [4.69, 9.17) is 25.8 Å². The number of rotatable bonds is 6. The zero-order chi connectivity index (χ0) is 18.7. The number of halogens is 1. The molecule has 0 radical (unpaired) electrons. The van der Waals surface area contributed by atoms with E-state index >= 15 is 0 Å². The van der Waals surface area contributed by atoms with Crippen LogP contribution in [-0.4, -0.2) is 32.2 Å². The van der Waals surface area contributed by atoms with E-state index in [2.05, 4.69) is 10.3 Å². The fourth-order valence-electron chi connectivity index (χ4n) is 2.54. The van der Waals surface area contributed by atoms with Gasteiger partial charge in [0.25, 0.3) is 0 Å². The molecule has 0 spiro atoms. The topological polar surface area (TPSA) is 69.7 Å². The molecule has 0 saturated heterocycles. The van der Waals surface area contributed by atoms with Crippen LogP contribution in [-0.2, 0) is 11.2 Å². The van der Waals surface area contributed by atoms with Gasteiger partial charge in [-0.25, -0.2) is 4.98 Å². The molecule has 0 aliphatic carbocycles. The van der Waals surface area contributed by atoms with Gasteiger partial charge >= 0.3 is 0 Å². The molecule has 0 aliphatic heterocycles. The van der Waals surface area contributed by atoms with Crippen LogP contribution in [0.2, 0.25) is 5.02 Å². The quantitative estimate of drug-likeness (QED) is 0.682. The van der Waals surface area contributed by atoms with Crippen molar-refractivity contribution in [2.45, 2.75) is 6.42 Å². The summed E-state index contributed by atoms with van der Waals surface area (Å²) in [6.07, 6.45) is 0.146. The van der Waals surface area contributed by atoms with Crippen LogP contribution in [0, 0.1) is 0 Å². The van der Waals surface area contributed by atoms with Crippen molar-refractivity contribution in [3.63, 3.8) is 0 Å². The second-order valence-electron chi connectivity index (χ2n) is 5.39. The maximum Gasteiger partial charge on any atom is 0.230 e. The van der Waals surface area contributed by atoms with Gasteiger partial charge in [0, 0.05) is 5.02 Å². The van der Waals surface area contributed by atoms with Gasteiger partial charge < -0.3 is 19.5 Å². The first-order valence-corrected chi connectivity index (χ1v) is 8.88. The lowest BCUT2D eigenvalue weighted by Gasteiger charge is -2.13. The Morgan fingerprint density at radius 3 is 2.42 bits per heavy atom. The normalized spacial score (nSPS) is 10.6. The summed E-state index contributed by atoms with van der Waals surface area (Å²) in [6.45, 7) is 0. The highest BCUT2D eigenvalue weighted by molar-refractivity contribution is 7.22. The van der Waals surface area contributed by atoms with Gasteiger partial charge in [0.05, 0.1) is 38.0 Å². The average Bonchev–Trinajstić information content (AvgIpc) is 3.01. The van der Waals surface area contributed by atoms with E-state index in [1.54, 1.807) is 18.2 Å². The summed E-state index contributed by atoms with van der Waals surface area (Å²) < 4.78 is 16.8. The molecular formula is C18H17ClN2O4S. The number of fused-ring (bicyclic) bond motifs is 1. The van der Waals surface area contributed by atoms with E-state index in [1.807, 2.05) is 12.1 Å². The number of methoxy groups -OCH3 is 3. The summed E-state index contributed by atoms with van der Waals surface area (Å²) in [7, 11) is 4.60. The number of anilines is 1. The molecule has 0 fully saturated rings. The molecule has 1 heterocycles. The summed E-state index contributed by atoms with van der Waals surface area (Å²) in [5.74, 6) is 1.31. The van der Waals surface area contributed by atoms with Gasteiger partial charge in [0.15, 0.2) is 16.6 Å². The Bertz CT molecular complexity index is 933. The van der Waals surface area contributed by atoms with Crippen molar-refractivity contribution in [3.05, 3.63) is 40.9 Å². The molecule has 2 aromatic carbocycles. The minimum atomic E-state index is -0.190. The molecule has 0 unspecified atom stereocenters. The Morgan fingerprint density at radius 2 is 1.81 bits per heavy atom. The number of benzene rings is 2. The fraction of sp³-hybridized carbons (Fsp3) is 0.222. The highest BCUT2D eigenvalue weighted by Crippen LogP contribution is 2.38. The van der Waals surface area contributed by atoms with Crippen molar-refractivity contribution in [2.24, 2.45) is 0 Å². The molecule has 3 rings (SSSR count). The van der Waals surface area contributed by atoms with Gasteiger partial charge in [0.2, 0.25) is 11.7 Å². The largest absolute Gasteiger partial charge is 0.493 e. The van der Waals surface area contributed by atoms with Crippen molar-refractivity contribution in [1.29, 1.82) is 0 Å². The molecule has 8 heteroatoms. The van der Waals surface area contributed by atoms with Crippen molar-refractivity contribution >= 4 is 44.2 Å². The van der Waals surface area contributed by atoms with Crippen LogP contribution < -0.4 is 19.5 Å². The van der Waals surface area contributed by atoms with Gasteiger partial charge in [-0.1, -0.05) is 22.9 Å². The number of aromatic nitrogens is 1. The van der Waals surface area contributed by atoms with Gasteiger partial charge in [-0.3, -0.25) is 4.79 Å². The molecule has 6 nitrogen and oxygen atoms in total. The van der Waals surface area contributed by atoms with Crippen molar-refractivity contribution in [1.82, 2.24) is 4.98 Å². The number of hydrogen-bond acceptors (Lipinski definition) is 6. The lowest BCUT2D eigenvalue weighted by atomic mass is 10.1. The monoisotopic (exact) mass is 392 g/mol. The van der Waals surface area contributed by atoms with Crippen LogP contribution in [0.25, 0.3) is 10.2 Å².